The third kappa shape index (κ3) is 11.0. The Balaban J connectivity index is 1.62. The average Bonchev–Trinajstić information content (AvgIpc) is 3.60. The zero-order valence-electron chi connectivity index (χ0n) is 44.2. The minimum Gasteiger partial charge on any atom is -0.871 e. The standard InChI is InChI=1S/C56H84N6O6/c1-15-19-27-59(28-20-16-2)49(65)25-23-47(63)57-43-33-45-41(55(11,12)37(9)61(45)35(5)6)31-39(43)51-53(67)52(54(51)68)40-32-42-46(62(36(7)8)38(10)56(42,13)14)34-44(40)58-48(64)24-26-50(66)60(29-21-17-3)30-22-18-4/h31-38H,15-30H2,1-14H3,(H2,57,58,63,64,67,68). The molecule has 0 bridgehead atoms. The molecule has 2 aromatic carbocycles. The zero-order valence-corrected chi connectivity index (χ0v) is 44.2. The highest BCUT2D eigenvalue weighted by molar-refractivity contribution is 6.52. The fourth-order valence-corrected chi connectivity index (χ4v) is 10.5. The van der Waals surface area contributed by atoms with Crippen molar-refractivity contribution >= 4 is 57.6 Å². The third-order valence-corrected chi connectivity index (χ3v) is 15.2. The lowest BCUT2D eigenvalue weighted by Gasteiger charge is -2.34. The molecule has 2 aromatic rings. The Kier molecular flexibility index (Phi) is 17.9. The van der Waals surface area contributed by atoms with Crippen molar-refractivity contribution < 1.29 is 29.1 Å². The summed E-state index contributed by atoms with van der Waals surface area (Å²) in [7, 11) is 0. The van der Waals surface area contributed by atoms with Gasteiger partial charge in [0.05, 0.1) is 16.8 Å². The van der Waals surface area contributed by atoms with Gasteiger partial charge >= 0.3 is 0 Å². The molecule has 4 amide bonds. The lowest BCUT2D eigenvalue weighted by atomic mass is 9.76. The molecule has 374 valence electrons. The van der Waals surface area contributed by atoms with Gasteiger partial charge in [-0.15, -0.1) is 0 Å². The zero-order chi connectivity index (χ0) is 50.4. The number of hydrogen-bond acceptors (Lipinski definition) is 7. The van der Waals surface area contributed by atoms with E-state index < -0.39 is 11.5 Å². The number of nitrogens with zero attached hydrogens (tertiary/aromatic N) is 4. The lowest BCUT2D eigenvalue weighted by Crippen LogP contribution is -2.42. The maximum absolute atomic E-state index is 14.9. The molecule has 5 rings (SSSR count). The van der Waals surface area contributed by atoms with Crippen LogP contribution in [0.2, 0.25) is 0 Å². The van der Waals surface area contributed by atoms with E-state index in [2.05, 4.69) is 117 Å². The van der Waals surface area contributed by atoms with E-state index >= 15 is 0 Å². The number of amides is 4. The minimum absolute atomic E-state index is 0.0232. The van der Waals surface area contributed by atoms with Crippen molar-refractivity contribution in [1.29, 1.82) is 0 Å². The molecular formula is C56H84N6O6. The normalized spacial score (nSPS) is 18.8. The highest BCUT2D eigenvalue weighted by atomic mass is 16.3. The number of carbonyl (C=O) groups is 5. The van der Waals surface area contributed by atoms with Crippen molar-refractivity contribution in [2.45, 2.75) is 209 Å². The van der Waals surface area contributed by atoms with Gasteiger partial charge in [-0.3, -0.25) is 24.0 Å². The van der Waals surface area contributed by atoms with E-state index in [1.54, 1.807) is 0 Å². The van der Waals surface area contributed by atoms with Crippen molar-refractivity contribution in [1.82, 2.24) is 14.4 Å². The molecular weight excluding hydrogens is 853 g/mol. The first kappa shape index (κ1) is 53.9. The smallest absolute Gasteiger partial charge is 0.224 e. The summed E-state index contributed by atoms with van der Waals surface area (Å²) in [5.41, 5.74) is 3.14. The van der Waals surface area contributed by atoms with E-state index in [-0.39, 0.29) is 95.5 Å². The topological polar surface area (TPSA) is 145 Å². The van der Waals surface area contributed by atoms with Gasteiger partial charge in [0, 0.05) is 109 Å². The highest BCUT2D eigenvalue weighted by Crippen LogP contribution is 2.50. The van der Waals surface area contributed by atoms with Gasteiger partial charge < -0.3 is 30.4 Å². The second-order valence-electron chi connectivity index (χ2n) is 21.3. The first-order chi connectivity index (χ1) is 32.1. The lowest BCUT2D eigenvalue weighted by molar-refractivity contribution is -0.292. The van der Waals surface area contributed by atoms with E-state index in [9.17, 15) is 29.1 Å². The molecule has 0 fully saturated rings. The minimum atomic E-state index is -0.467. The number of ketones is 1. The van der Waals surface area contributed by atoms with E-state index in [0.717, 1.165) is 73.5 Å². The van der Waals surface area contributed by atoms with Gasteiger partial charge in [0.2, 0.25) is 29.0 Å². The molecule has 2 heterocycles. The Hall–Kier alpha value is -5.00. The molecule has 0 aromatic heterocycles. The summed E-state index contributed by atoms with van der Waals surface area (Å²) >= 11 is 0. The molecule has 0 saturated heterocycles. The Labute approximate surface area is 407 Å². The first-order valence-corrected chi connectivity index (χ1v) is 26.0. The molecule has 0 saturated carbocycles. The van der Waals surface area contributed by atoms with Crippen LogP contribution in [-0.2, 0) is 34.8 Å². The fraction of sp³-hybridized carbons (Fsp3) is 0.643. The van der Waals surface area contributed by atoms with Gasteiger partial charge in [-0.2, -0.15) is 0 Å². The molecule has 0 radical (unpaired) electrons. The summed E-state index contributed by atoms with van der Waals surface area (Å²) in [4.78, 5) is 75.6. The van der Waals surface area contributed by atoms with E-state index in [1.807, 2.05) is 34.1 Å². The van der Waals surface area contributed by atoms with Gasteiger partial charge in [-0.25, -0.2) is 4.58 Å². The van der Waals surface area contributed by atoms with E-state index in [0.29, 0.717) is 48.3 Å². The largest absolute Gasteiger partial charge is 0.871 e. The van der Waals surface area contributed by atoms with Crippen LogP contribution >= 0.6 is 0 Å². The summed E-state index contributed by atoms with van der Waals surface area (Å²) < 4.78 is 2.31. The summed E-state index contributed by atoms with van der Waals surface area (Å²) in [6.45, 7) is 32.5. The maximum atomic E-state index is 14.9. The van der Waals surface area contributed by atoms with Crippen LogP contribution in [0, 0.1) is 0 Å². The van der Waals surface area contributed by atoms with E-state index in [4.69, 9.17) is 0 Å². The fourth-order valence-electron chi connectivity index (χ4n) is 10.5. The Morgan fingerprint density at radius 3 is 1.60 bits per heavy atom. The van der Waals surface area contributed by atoms with Gasteiger partial charge in [-0.05, 0) is 105 Å². The second kappa shape index (κ2) is 22.6. The van der Waals surface area contributed by atoms with Crippen LogP contribution in [0.3, 0.4) is 0 Å². The number of nitrogens with one attached hydrogen (secondary N) is 2. The van der Waals surface area contributed by atoms with Crippen LogP contribution in [-0.4, -0.2) is 89.6 Å². The molecule has 1 aliphatic carbocycles. The van der Waals surface area contributed by atoms with Crippen LogP contribution < -0.4 is 35.8 Å². The van der Waals surface area contributed by atoms with Crippen LogP contribution in [0.4, 0.5) is 17.1 Å². The molecule has 2 N–H and O–H groups in total. The van der Waals surface area contributed by atoms with Crippen LogP contribution in [0.25, 0.3) is 11.1 Å². The van der Waals surface area contributed by atoms with Gasteiger partial charge in [0.1, 0.15) is 6.04 Å². The number of allylic oxidation sites excluding steroid dienone is 2. The highest BCUT2D eigenvalue weighted by Gasteiger charge is 2.47. The van der Waals surface area contributed by atoms with Gasteiger partial charge in [-0.1, -0.05) is 73.0 Å². The molecule has 2 unspecified atom stereocenters. The van der Waals surface area contributed by atoms with Gasteiger partial charge in [0.15, 0.2) is 11.8 Å². The monoisotopic (exact) mass is 937 g/mol. The number of anilines is 3. The Morgan fingerprint density at radius 1 is 0.676 bits per heavy atom. The van der Waals surface area contributed by atoms with Crippen LogP contribution in [0.1, 0.15) is 191 Å². The van der Waals surface area contributed by atoms with Crippen molar-refractivity contribution in [3.8, 4) is 0 Å². The Morgan fingerprint density at radius 2 is 1.16 bits per heavy atom. The quantitative estimate of drug-likeness (QED) is 0.108. The molecule has 3 aliphatic rings. The summed E-state index contributed by atoms with van der Waals surface area (Å²) in [6.07, 6.45) is 7.44. The number of Topliss-reactive ketones (excluding diaryl/α,β-unsaturated/α-hetero) is 1. The predicted molar refractivity (Wildman–Crippen MR) is 275 cm³/mol. The van der Waals surface area contributed by atoms with E-state index in [1.165, 1.54) is 0 Å². The SMILES string of the molecule is CCCCN(CCCC)C(=O)CCC(=O)Nc1cc2c(cc1C1=C([O-])/C(=c3/cc4c(cc3NC(=O)CCC(=O)N(CCCC)CCCC)=[N+](C(C)C)C(C)C4(C)C)C1=O)C(C)(C)C(C)N2C(C)C. The van der Waals surface area contributed by atoms with Crippen molar-refractivity contribution in [2.75, 3.05) is 41.7 Å². The Bertz CT molecular complexity index is 2380. The van der Waals surface area contributed by atoms with Crippen LogP contribution in [0.15, 0.2) is 30.0 Å². The summed E-state index contributed by atoms with van der Waals surface area (Å²) in [5.74, 6) is -1.80. The number of carbonyl (C=O) groups excluding carboxylic acids is 5. The van der Waals surface area contributed by atoms with Crippen molar-refractivity contribution in [3.05, 3.63) is 57.3 Å². The number of rotatable bonds is 23. The molecule has 2 aliphatic heterocycles. The number of fused-ring (bicyclic) bond motifs is 2. The van der Waals surface area contributed by atoms with Gasteiger partial charge in [0.25, 0.3) is 0 Å². The third-order valence-electron chi connectivity index (χ3n) is 15.2. The van der Waals surface area contributed by atoms with Crippen molar-refractivity contribution in [2.24, 2.45) is 0 Å². The maximum Gasteiger partial charge on any atom is 0.224 e. The summed E-state index contributed by atoms with van der Waals surface area (Å²) in [5, 5.41) is 22.3. The van der Waals surface area contributed by atoms with Crippen molar-refractivity contribution in [3.63, 3.8) is 0 Å². The second-order valence-corrected chi connectivity index (χ2v) is 21.3. The summed E-state index contributed by atoms with van der Waals surface area (Å²) in [6, 6.07) is 8.01. The molecule has 2 atom stereocenters. The molecule has 12 nitrogen and oxygen atoms in total. The number of benzene rings is 2. The molecule has 68 heavy (non-hydrogen) atoms. The average molecular weight is 937 g/mol. The molecule has 0 spiro atoms. The first-order valence-electron chi connectivity index (χ1n) is 26.0. The molecule has 12 heteroatoms. The number of unbranched alkanes of at least 4 members (excludes halogenated alkanes) is 4. The predicted octanol–water partition coefficient (Wildman–Crippen LogP) is 7.96. The number of hydrogen-bond donors (Lipinski definition) is 2. The van der Waals surface area contributed by atoms with Crippen LogP contribution in [0.5, 0.6) is 0 Å².